The number of aldehydes is 1. The SMILES string of the molecule is C=C(CC(C=O)(CC(=C)C(=O)OCC)C(=O)Oc1ccc(OC(=O)C(CC(=C)C(=O)OCC)(CC(=C)C(=O)OCC)C(=O)OCC)cc1)C(=O)OCC. The largest absolute Gasteiger partial charge is 0.465 e. The van der Waals surface area contributed by atoms with Gasteiger partial charge in [-0.15, -0.1) is 0 Å². The van der Waals surface area contributed by atoms with Crippen LogP contribution in [0.3, 0.4) is 0 Å². The summed E-state index contributed by atoms with van der Waals surface area (Å²) in [6, 6.07) is 4.71. The molecular formula is C38H46O15. The molecule has 0 aliphatic rings. The van der Waals surface area contributed by atoms with Gasteiger partial charge in [0.25, 0.3) is 0 Å². The zero-order chi connectivity index (χ0) is 40.4. The Balaban J connectivity index is 3.54. The fraction of sp³-hybridized carbons (Fsp3) is 0.421. The highest BCUT2D eigenvalue weighted by Crippen LogP contribution is 2.38. The van der Waals surface area contributed by atoms with Crippen molar-refractivity contribution in [1.82, 2.24) is 0 Å². The molecule has 0 unspecified atom stereocenters. The van der Waals surface area contributed by atoms with Crippen molar-refractivity contribution >= 4 is 48.1 Å². The van der Waals surface area contributed by atoms with E-state index in [1.165, 1.54) is 31.2 Å². The number of hydrogen-bond acceptors (Lipinski definition) is 15. The molecule has 0 heterocycles. The third-order valence-corrected chi connectivity index (χ3v) is 7.28. The molecule has 53 heavy (non-hydrogen) atoms. The Kier molecular flexibility index (Phi) is 18.3. The second-order valence-electron chi connectivity index (χ2n) is 11.3. The predicted octanol–water partition coefficient (Wildman–Crippen LogP) is 4.27. The lowest BCUT2D eigenvalue weighted by Crippen LogP contribution is -2.45. The van der Waals surface area contributed by atoms with Gasteiger partial charge in [-0.1, -0.05) is 26.3 Å². The average molecular weight is 743 g/mol. The van der Waals surface area contributed by atoms with Gasteiger partial charge >= 0.3 is 41.8 Å². The van der Waals surface area contributed by atoms with Crippen molar-refractivity contribution < 1.29 is 71.5 Å². The van der Waals surface area contributed by atoms with E-state index >= 15 is 0 Å². The van der Waals surface area contributed by atoms with Crippen LogP contribution >= 0.6 is 0 Å². The quantitative estimate of drug-likeness (QED) is 0.0384. The Morgan fingerprint density at radius 2 is 0.792 bits per heavy atom. The van der Waals surface area contributed by atoms with Crippen molar-refractivity contribution in [2.75, 3.05) is 33.0 Å². The maximum atomic E-state index is 13.9. The molecule has 15 nitrogen and oxygen atoms in total. The van der Waals surface area contributed by atoms with Crippen molar-refractivity contribution in [2.45, 2.75) is 60.3 Å². The first-order chi connectivity index (χ1) is 25.0. The van der Waals surface area contributed by atoms with Crippen LogP contribution in [0.15, 0.2) is 72.9 Å². The van der Waals surface area contributed by atoms with Gasteiger partial charge in [-0.25, -0.2) is 19.2 Å². The summed E-state index contributed by atoms with van der Waals surface area (Å²) in [5.41, 5.74) is -5.63. The molecule has 0 atom stereocenters. The van der Waals surface area contributed by atoms with E-state index in [4.69, 9.17) is 33.2 Å². The van der Waals surface area contributed by atoms with Crippen molar-refractivity contribution in [3.8, 4) is 11.5 Å². The third-order valence-electron chi connectivity index (χ3n) is 7.28. The Hall–Kier alpha value is -5.86. The molecule has 0 saturated heterocycles. The number of carbonyl (C=O) groups is 8. The first-order valence-electron chi connectivity index (χ1n) is 16.6. The summed E-state index contributed by atoms with van der Waals surface area (Å²) in [6.07, 6.45) is -2.33. The van der Waals surface area contributed by atoms with Crippen molar-refractivity contribution in [2.24, 2.45) is 10.8 Å². The number of hydrogen-bond donors (Lipinski definition) is 0. The van der Waals surface area contributed by atoms with Gasteiger partial charge in [0, 0.05) is 48.0 Å². The molecule has 0 fully saturated rings. The normalized spacial score (nSPS) is 10.8. The maximum Gasteiger partial charge on any atom is 0.333 e. The highest BCUT2D eigenvalue weighted by Gasteiger charge is 2.51. The van der Waals surface area contributed by atoms with Gasteiger partial charge in [-0.3, -0.25) is 14.4 Å². The Morgan fingerprint density at radius 1 is 0.491 bits per heavy atom. The van der Waals surface area contributed by atoms with Gasteiger partial charge in [-0.05, 0) is 58.9 Å². The van der Waals surface area contributed by atoms with Gasteiger partial charge < -0.3 is 38.0 Å². The highest BCUT2D eigenvalue weighted by molar-refractivity contribution is 6.05. The molecule has 1 rings (SSSR count). The molecule has 0 aliphatic carbocycles. The molecule has 0 aromatic heterocycles. The number of rotatable bonds is 23. The average Bonchev–Trinajstić information content (AvgIpc) is 3.11. The topological polar surface area (TPSA) is 201 Å². The summed E-state index contributed by atoms with van der Waals surface area (Å²) in [6.45, 7) is 21.9. The lowest BCUT2D eigenvalue weighted by atomic mass is 9.76. The molecule has 0 radical (unpaired) electrons. The zero-order valence-corrected chi connectivity index (χ0v) is 30.7. The van der Waals surface area contributed by atoms with E-state index in [0.29, 0.717) is 0 Å². The number of ether oxygens (including phenoxy) is 7. The van der Waals surface area contributed by atoms with Crippen LogP contribution in [0.1, 0.15) is 60.3 Å². The first kappa shape index (κ1) is 45.2. The van der Waals surface area contributed by atoms with Crippen LogP contribution in [-0.4, -0.2) is 81.1 Å². The van der Waals surface area contributed by atoms with Crippen molar-refractivity contribution in [3.63, 3.8) is 0 Å². The molecule has 0 aliphatic heterocycles. The maximum absolute atomic E-state index is 13.9. The van der Waals surface area contributed by atoms with E-state index in [1.54, 1.807) is 27.7 Å². The van der Waals surface area contributed by atoms with Gasteiger partial charge in [0.15, 0.2) is 5.41 Å². The molecule has 15 heteroatoms. The van der Waals surface area contributed by atoms with Crippen LogP contribution in [0.5, 0.6) is 11.5 Å². The van der Waals surface area contributed by atoms with Crippen LogP contribution in [0.2, 0.25) is 0 Å². The first-order valence-corrected chi connectivity index (χ1v) is 16.6. The summed E-state index contributed by atoms with van der Waals surface area (Å²) in [5, 5.41) is 0. The van der Waals surface area contributed by atoms with Crippen molar-refractivity contribution in [1.29, 1.82) is 0 Å². The summed E-state index contributed by atoms with van der Waals surface area (Å²) in [5.74, 6) is -7.55. The molecule has 0 N–H and O–H groups in total. The van der Waals surface area contributed by atoms with Gasteiger partial charge in [-0.2, -0.15) is 0 Å². The fourth-order valence-corrected chi connectivity index (χ4v) is 4.74. The van der Waals surface area contributed by atoms with E-state index < -0.39 is 78.3 Å². The highest BCUT2D eigenvalue weighted by atomic mass is 16.6. The Morgan fingerprint density at radius 3 is 1.09 bits per heavy atom. The zero-order valence-electron chi connectivity index (χ0n) is 30.7. The molecule has 0 saturated carbocycles. The minimum absolute atomic E-state index is 0.00987. The molecule has 0 amide bonds. The van der Waals surface area contributed by atoms with Crippen LogP contribution in [0, 0.1) is 10.8 Å². The van der Waals surface area contributed by atoms with Crippen molar-refractivity contribution in [3.05, 3.63) is 72.9 Å². The Bertz CT molecular complexity index is 1530. The summed E-state index contributed by atoms with van der Waals surface area (Å²) < 4.78 is 35.9. The van der Waals surface area contributed by atoms with Crippen LogP contribution in [0.4, 0.5) is 0 Å². The number of esters is 7. The molecule has 288 valence electrons. The van der Waals surface area contributed by atoms with E-state index in [1.807, 2.05) is 0 Å². The van der Waals surface area contributed by atoms with Crippen LogP contribution in [-0.2, 0) is 62.0 Å². The van der Waals surface area contributed by atoms with E-state index in [-0.39, 0.29) is 73.1 Å². The summed E-state index contributed by atoms with van der Waals surface area (Å²) in [4.78, 5) is 103. The second-order valence-corrected chi connectivity index (χ2v) is 11.3. The number of carbonyl (C=O) groups excluding carboxylic acids is 8. The summed E-state index contributed by atoms with van der Waals surface area (Å²) in [7, 11) is 0. The van der Waals surface area contributed by atoms with Crippen LogP contribution < -0.4 is 9.47 Å². The molecule has 1 aromatic carbocycles. The molecule has 1 aromatic rings. The van der Waals surface area contributed by atoms with Gasteiger partial charge in [0.1, 0.15) is 23.2 Å². The number of benzene rings is 1. The second kappa shape index (κ2) is 21.5. The minimum atomic E-state index is -2.36. The standard InChI is InChI=1S/C38H46O15/c1-10-47-30(40)24(6)19-37(23-39,20-25(7)31(41)48-11-2)34(44)52-28-15-17-29(18-16-28)53-36(46)38(35(45)51-14-5,21-26(8)32(42)49-12-3)22-27(9)33(43)50-13-4/h15-18,23H,6-14,19-22H2,1-5H3. The van der Waals surface area contributed by atoms with E-state index in [9.17, 15) is 38.4 Å². The van der Waals surface area contributed by atoms with Gasteiger partial charge in [0.2, 0.25) is 0 Å². The van der Waals surface area contributed by atoms with Crippen LogP contribution in [0.25, 0.3) is 0 Å². The molecular weight excluding hydrogens is 696 g/mol. The fourth-order valence-electron chi connectivity index (χ4n) is 4.74. The third kappa shape index (κ3) is 12.7. The monoisotopic (exact) mass is 742 g/mol. The minimum Gasteiger partial charge on any atom is -0.465 e. The molecule has 0 spiro atoms. The Labute approximate surface area is 307 Å². The lowest BCUT2D eigenvalue weighted by Gasteiger charge is -2.30. The molecule has 0 bridgehead atoms. The summed E-state index contributed by atoms with van der Waals surface area (Å²) >= 11 is 0. The van der Waals surface area contributed by atoms with Gasteiger partial charge in [0.05, 0.1) is 33.0 Å². The predicted molar refractivity (Wildman–Crippen MR) is 187 cm³/mol. The van der Waals surface area contributed by atoms with E-state index in [0.717, 1.165) is 0 Å². The van der Waals surface area contributed by atoms with E-state index in [2.05, 4.69) is 26.3 Å². The lowest BCUT2D eigenvalue weighted by molar-refractivity contribution is -0.167. The smallest absolute Gasteiger partial charge is 0.333 e.